The number of carbonyl (C=O) groups is 1. The first-order valence-electron chi connectivity index (χ1n) is 6.58. The van der Waals surface area contributed by atoms with Crippen LogP contribution in [-0.2, 0) is 6.54 Å². The molecular weight excluding hydrogens is 270 g/mol. The second-order valence-corrected chi connectivity index (χ2v) is 4.66. The van der Waals surface area contributed by atoms with E-state index in [0.29, 0.717) is 34.9 Å². The van der Waals surface area contributed by atoms with Gasteiger partial charge in [-0.05, 0) is 25.1 Å². The Bertz CT molecular complexity index is 818. The number of hydrogen-bond donors (Lipinski definition) is 2. The molecule has 0 radical (unpaired) electrons. The van der Waals surface area contributed by atoms with Crippen LogP contribution in [0.2, 0.25) is 0 Å². The van der Waals surface area contributed by atoms with E-state index in [2.05, 4.69) is 15.4 Å². The highest BCUT2D eigenvalue weighted by molar-refractivity contribution is 6.06. The number of carbonyl (C=O) groups excluding carboxylic acids is 1. The third-order valence-electron chi connectivity index (χ3n) is 3.08. The summed E-state index contributed by atoms with van der Waals surface area (Å²) < 4.78 is 7.01. The van der Waals surface area contributed by atoms with Crippen molar-refractivity contribution in [1.82, 2.24) is 14.8 Å². The smallest absolute Gasteiger partial charge is 0.278 e. The van der Waals surface area contributed by atoms with Crippen LogP contribution in [0.25, 0.3) is 11.1 Å². The molecule has 0 spiro atoms. The molecule has 3 N–H and O–H groups in total. The van der Waals surface area contributed by atoms with Crippen molar-refractivity contribution in [3.63, 3.8) is 0 Å². The van der Waals surface area contributed by atoms with E-state index >= 15 is 0 Å². The van der Waals surface area contributed by atoms with Crippen molar-refractivity contribution in [3.05, 3.63) is 36.0 Å². The fraction of sp³-hybridized carbons (Fsp3) is 0.214. The van der Waals surface area contributed by atoms with Gasteiger partial charge in [0.05, 0.1) is 5.69 Å². The number of nitrogen functional groups attached to an aromatic ring is 1. The Labute approximate surface area is 120 Å². The van der Waals surface area contributed by atoms with Crippen LogP contribution in [-0.4, -0.2) is 20.7 Å². The summed E-state index contributed by atoms with van der Waals surface area (Å²) in [4.78, 5) is 16.4. The minimum absolute atomic E-state index is 0.216. The molecule has 7 nitrogen and oxygen atoms in total. The van der Waals surface area contributed by atoms with E-state index in [-0.39, 0.29) is 11.6 Å². The van der Waals surface area contributed by atoms with Crippen molar-refractivity contribution in [2.24, 2.45) is 0 Å². The molecule has 7 heteroatoms. The molecule has 0 aliphatic carbocycles. The van der Waals surface area contributed by atoms with Crippen molar-refractivity contribution in [2.75, 3.05) is 11.1 Å². The van der Waals surface area contributed by atoms with Gasteiger partial charge in [0, 0.05) is 25.4 Å². The maximum Gasteiger partial charge on any atom is 0.278 e. The van der Waals surface area contributed by atoms with Crippen molar-refractivity contribution < 1.29 is 9.21 Å². The van der Waals surface area contributed by atoms with E-state index in [0.717, 1.165) is 0 Å². The monoisotopic (exact) mass is 285 g/mol. The summed E-state index contributed by atoms with van der Waals surface area (Å²) in [7, 11) is 0. The minimum atomic E-state index is -0.348. The van der Waals surface area contributed by atoms with Crippen LogP contribution >= 0.6 is 0 Å². The summed E-state index contributed by atoms with van der Waals surface area (Å²) in [6, 6.07) is 5.26. The Morgan fingerprint density at radius 3 is 3.00 bits per heavy atom. The summed E-state index contributed by atoms with van der Waals surface area (Å²) in [6.07, 6.45) is 1.64. The Balaban J connectivity index is 1.86. The first-order valence-corrected chi connectivity index (χ1v) is 6.58. The highest BCUT2D eigenvalue weighted by Gasteiger charge is 2.15. The fourth-order valence-corrected chi connectivity index (χ4v) is 2.09. The van der Waals surface area contributed by atoms with Crippen LogP contribution in [0, 0.1) is 6.92 Å². The number of benzene rings is 1. The molecule has 0 fully saturated rings. The van der Waals surface area contributed by atoms with E-state index in [1.807, 2.05) is 6.92 Å². The van der Waals surface area contributed by atoms with E-state index in [1.54, 1.807) is 36.0 Å². The molecule has 0 bridgehead atoms. The summed E-state index contributed by atoms with van der Waals surface area (Å²) in [6.45, 7) is 4.35. The Hall–Kier alpha value is -2.83. The largest absolute Gasteiger partial charge is 0.441 e. The van der Waals surface area contributed by atoms with Gasteiger partial charge in [-0.1, -0.05) is 0 Å². The van der Waals surface area contributed by atoms with Crippen molar-refractivity contribution in [2.45, 2.75) is 20.4 Å². The molecule has 21 heavy (non-hydrogen) atoms. The van der Waals surface area contributed by atoms with Gasteiger partial charge in [-0.3, -0.25) is 9.48 Å². The number of fused-ring (bicyclic) bond motifs is 1. The number of aromatic nitrogens is 3. The van der Waals surface area contributed by atoms with Crippen LogP contribution < -0.4 is 11.1 Å². The fourth-order valence-electron chi connectivity index (χ4n) is 2.09. The van der Waals surface area contributed by atoms with E-state index in [4.69, 9.17) is 10.2 Å². The minimum Gasteiger partial charge on any atom is -0.441 e. The summed E-state index contributed by atoms with van der Waals surface area (Å²) in [5, 5.41) is 6.90. The number of nitrogens with zero attached hydrogens (tertiary/aromatic N) is 3. The van der Waals surface area contributed by atoms with Gasteiger partial charge >= 0.3 is 0 Å². The molecule has 2 heterocycles. The van der Waals surface area contributed by atoms with Crippen molar-refractivity contribution >= 4 is 28.4 Å². The predicted molar refractivity (Wildman–Crippen MR) is 79.0 cm³/mol. The lowest BCUT2D eigenvalue weighted by Gasteiger charge is -2.03. The first-order chi connectivity index (χ1) is 10.1. The van der Waals surface area contributed by atoms with E-state index < -0.39 is 0 Å². The Kier molecular flexibility index (Phi) is 3.09. The topological polar surface area (TPSA) is 99.0 Å². The Morgan fingerprint density at radius 1 is 1.48 bits per heavy atom. The zero-order chi connectivity index (χ0) is 15.0. The number of anilines is 2. The molecule has 1 amide bonds. The zero-order valence-electron chi connectivity index (χ0n) is 11.8. The lowest BCUT2D eigenvalue weighted by molar-refractivity contribution is 0.102. The first kappa shape index (κ1) is 13.2. The average molecular weight is 285 g/mol. The highest BCUT2D eigenvalue weighted by Crippen LogP contribution is 2.20. The lowest BCUT2D eigenvalue weighted by atomic mass is 10.2. The van der Waals surface area contributed by atoms with Gasteiger partial charge in [-0.15, -0.1) is 0 Å². The number of amides is 1. The molecule has 0 saturated heterocycles. The third-order valence-corrected chi connectivity index (χ3v) is 3.08. The van der Waals surface area contributed by atoms with Crippen LogP contribution in [0.15, 0.2) is 28.8 Å². The molecule has 108 valence electrons. The van der Waals surface area contributed by atoms with Crippen molar-refractivity contribution in [1.29, 1.82) is 0 Å². The second kappa shape index (κ2) is 4.93. The van der Waals surface area contributed by atoms with Crippen molar-refractivity contribution in [3.8, 4) is 0 Å². The Morgan fingerprint density at radius 2 is 2.29 bits per heavy atom. The van der Waals surface area contributed by atoms with E-state index in [1.165, 1.54) is 0 Å². The predicted octanol–water partition coefficient (Wildman–Crippen LogP) is 2.19. The average Bonchev–Trinajstić information content (AvgIpc) is 3.00. The maximum absolute atomic E-state index is 12.2. The van der Waals surface area contributed by atoms with Gasteiger partial charge in [0.1, 0.15) is 5.52 Å². The normalized spacial score (nSPS) is 11.0. The molecule has 0 aliphatic heterocycles. The molecule has 1 aromatic carbocycles. The van der Waals surface area contributed by atoms with Crippen LogP contribution in [0.5, 0.6) is 0 Å². The summed E-state index contributed by atoms with van der Waals surface area (Å²) in [5.41, 5.74) is 8.35. The quantitative estimate of drug-likeness (QED) is 0.768. The summed E-state index contributed by atoms with van der Waals surface area (Å²) in [5.74, 6) is 0.235. The van der Waals surface area contributed by atoms with Gasteiger partial charge < -0.3 is 15.5 Å². The van der Waals surface area contributed by atoms with Crippen LogP contribution in [0.3, 0.4) is 0 Å². The standard InChI is InChI=1S/C14H15N5O2/c1-3-19-7-10(15)13(18-19)14(20)17-9-4-5-12-11(6-9)16-8(2)21-12/h4-7H,3,15H2,1-2H3,(H,17,20). The second-order valence-electron chi connectivity index (χ2n) is 4.66. The highest BCUT2D eigenvalue weighted by atomic mass is 16.3. The molecule has 3 aromatic rings. The lowest BCUT2D eigenvalue weighted by Crippen LogP contribution is -2.14. The molecule has 2 aromatic heterocycles. The number of aryl methyl sites for hydroxylation is 2. The maximum atomic E-state index is 12.2. The number of nitrogens with two attached hydrogens (primary N) is 1. The van der Waals surface area contributed by atoms with Gasteiger partial charge in [0.15, 0.2) is 17.2 Å². The van der Waals surface area contributed by atoms with Crippen LogP contribution in [0.4, 0.5) is 11.4 Å². The third kappa shape index (κ3) is 2.45. The van der Waals surface area contributed by atoms with Gasteiger partial charge in [-0.2, -0.15) is 5.10 Å². The molecule has 0 atom stereocenters. The number of rotatable bonds is 3. The van der Waals surface area contributed by atoms with E-state index in [9.17, 15) is 4.79 Å². The van der Waals surface area contributed by atoms with Gasteiger partial charge in [0.25, 0.3) is 5.91 Å². The number of nitrogens with one attached hydrogen (secondary N) is 1. The zero-order valence-corrected chi connectivity index (χ0v) is 11.8. The number of oxazole rings is 1. The molecule has 0 unspecified atom stereocenters. The molecule has 0 aliphatic rings. The van der Waals surface area contributed by atoms with Gasteiger partial charge in [-0.25, -0.2) is 4.98 Å². The molecular formula is C14H15N5O2. The SMILES string of the molecule is CCn1cc(N)c(C(=O)Nc2ccc3oc(C)nc3c2)n1. The molecule has 0 saturated carbocycles. The number of hydrogen-bond acceptors (Lipinski definition) is 5. The summed E-state index contributed by atoms with van der Waals surface area (Å²) >= 11 is 0. The molecule has 3 rings (SSSR count). The van der Waals surface area contributed by atoms with Crippen LogP contribution in [0.1, 0.15) is 23.3 Å². The van der Waals surface area contributed by atoms with Gasteiger partial charge in [0.2, 0.25) is 0 Å².